The van der Waals surface area contributed by atoms with Gasteiger partial charge in [0, 0.05) is 23.2 Å². The molecule has 0 saturated carbocycles. The first-order valence-corrected chi connectivity index (χ1v) is 14.3. The van der Waals surface area contributed by atoms with E-state index in [9.17, 15) is 19.5 Å². The first-order valence-electron chi connectivity index (χ1n) is 13.9. The molecule has 41 heavy (non-hydrogen) atoms. The van der Waals surface area contributed by atoms with Gasteiger partial charge in [-0.25, -0.2) is 0 Å². The maximum Gasteiger partial charge on any atom is 0.305 e. The van der Waals surface area contributed by atoms with Crippen LogP contribution in [0, 0.1) is 6.92 Å². The van der Waals surface area contributed by atoms with Gasteiger partial charge in [-0.05, 0) is 53.3 Å². The standard InChI is InChI=1S/C34H35ClN2O4/c1-3-4-14-31(37-22-23(2)19-28(34(37)41)20-27-12-8-9-13-29(27)35)33(40)36-30(21-32(38)39)26-17-15-25(16-18-26)24-10-6-5-7-11-24/h5-13,15-19,22,30-31H,3-4,14,20-21H2,1-2H3,(H,36,40)(H,38,39)/t30-,31-/m0/s1. The van der Waals surface area contributed by atoms with Crippen molar-refractivity contribution in [1.82, 2.24) is 9.88 Å². The van der Waals surface area contributed by atoms with Gasteiger partial charge < -0.3 is 15.0 Å². The lowest BCUT2D eigenvalue weighted by Gasteiger charge is -2.25. The molecule has 212 valence electrons. The summed E-state index contributed by atoms with van der Waals surface area (Å²) in [6.07, 6.45) is 3.79. The van der Waals surface area contributed by atoms with Gasteiger partial charge >= 0.3 is 5.97 Å². The van der Waals surface area contributed by atoms with Crippen molar-refractivity contribution in [3.05, 3.63) is 129 Å². The Kier molecular flexibility index (Phi) is 10.1. The molecule has 6 nitrogen and oxygen atoms in total. The number of carboxylic acids is 1. The number of halogens is 1. The van der Waals surface area contributed by atoms with Gasteiger partial charge in [0.15, 0.2) is 0 Å². The summed E-state index contributed by atoms with van der Waals surface area (Å²) in [5.74, 6) is -1.41. The van der Waals surface area contributed by atoms with Crippen LogP contribution in [0.25, 0.3) is 11.1 Å². The second kappa shape index (κ2) is 14.0. The maximum absolute atomic E-state index is 13.8. The Morgan fingerprint density at radius 2 is 1.59 bits per heavy atom. The molecule has 1 aromatic heterocycles. The Labute approximate surface area is 245 Å². The lowest BCUT2D eigenvalue weighted by atomic mass is 9.98. The molecule has 0 aliphatic rings. The number of carbonyl (C=O) groups excluding carboxylic acids is 1. The van der Waals surface area contributed by atoms with Crippen molar-refractivity contribution < 1.29 is 14.7 Å². The number of hydrogen-bond acceptors (Lipinski definition) is 3. The molecule has 4 rings (SSSR count). The van der Waals surface area contributed by atoms with Crippen LogP contribution in [0.15, 0.2) is 95.9 Å². The smallest absolute Gasteiger partial charge is 0.305 e. The highest BCUT2D eigenvalue weighted by Gasteiger charge is 2.26. The molecule has 0 aliphatic heterocycles. The van der Waals surface area contributed by atoms with Crippen LogP contribution < -0.4 is 10.9 Å². The van der Waals surface area contributed by atoms with E-state index in [0.717, 1.165) is 35.1 Å². The van der Waals surface area contributed by atoms with Gasteiger partial charge in [-0.1, -0.05) is 104 Å². The Hall–Kier alpha value is -4.16. The van der Waals surface area contributed by atoms with E-state index in [0.29, 0.717) is 29.0 Å². The van der Waals surface area contributed by atoms with Gasteiger partial charge in [-0.15, -0.1) is 0 Å². The molecule has 0 aliphatic carbocycles. The lowest BCUT2D eigenvalue weighted by molar-refractivity contribution is -0.137. The molecule has 0 unspecified atom stereocenters. The molecule has 0 bridgehead atoms. The molecule has 1 amide bonds. The third-order valence-corrected chi connectivity index (χ3v) is 7.55. The van der Waals surface area contributed by atoms with E-state index in [-0.39, 0.29) is 17.9 Å². The second-order valence-electron chi connectivity index (χ2n) is 10.3. The molecule has 2 N–H and O–H groups in total. The number of amides is 1. The summed E-state index contributed by atoms with van der Waals surface area (Å²) < 4.78 is 1.50. The molecule has 4 aromatic rings. The fourth-order valence-electron chi connectivity index (χ4n) is 5.05. The minimum atomic E-state index is -1.03. The van der Waals surface area contributed by atoms with E-state index in [1.807, 2.05) is 92.7 Å². The first-order chi connectivity index (χ1) is 19.8. The van der Waals surface area contributed by atoms with Crippen LogP contribution in [0.1, 0.15) is 66.9 Å². The number of rotatable bonds is 12. The Morgan fingerprint density at radius 3 is 2.24 bits per heavy atom. The molecule has 0 spiro atoms. The average Bonchev–Trinajstić information content (AvgIpc) is 2.96. The van der Waals surface area contributed by atoms with Gasteiger partial charge in [-0.3, -0.25) is 14.4 Å². The zero-order chi connectivity index (χ0) is 29.4. The monoisotopic (exact) mass is 570 g/mol. The van der Waals surface area contributed by atoms with E-state index < -0.39 is 18.1 Å². The summed E-state index contributed by atoms with van der Waals surface area (Å²) in [5, 5.41) is 13.2. The van der Waals surface area contributed by atoms with Crippen molar-refractivity contribution in [2.45, 2.75) is 58.0 Å². The number of nitrogens with one attached hydrogen (secondary N) is 1. The van der Waals surface area contributed by atoms with Crippen LogP contribution in [0.4, 0.5) is 0 Å². The summed E-state index contributed by atoms with van der Waals surface area (Å²) in [5.41, 5.74) is 4.69. The molecule has 1 heterocycles. The molecule has 0 saturated heterocycles. The van der Waals surface area contributed by atoms with Crippen LogP contribution in [-0.2, 0) is 16.0 Å². The van der Waals surface area contributed by atoms with Crippen LogP contribution in [0.2, 0.25) is 5.02 Å². The summed E-state index contributed by atoms with van der Waals surface area (Å²) in [4.78, 5) is 39.3. The fourth-order valence-corrected chi connectivity index (χ4v) is 5.25. The third kappa shape index (κ3) is 7.74. The topological polar surface area (TPSA) is 88.4 Å². The van der Waals surface area contributed by atoms with Gasteiger partial charge in [0.2, 0.25) is 5.91 Å². The number of unbranched alkanes of at least 4 members (excludes halogenated alkanes) is 1. The van der Waals surface area contributed by atoms with Crippen LogP contribution in [0.5, 0.6) is 0 Å². The lowest BCUT2D eigenvalue weighted by Crippen LogP contribution is -2.40. The van der Waals surface area contributed by atoms with Crippen LogP contribution in [-0.4, -0.2) is 21.6 Å². The minimum Gasteiger partial charge on any atom is -0.481 e. The zero-order valence-corrected chi connectivity index (χ0v) is 24.1. The van der Waals surface area contributed by atoms with Crippen molar-refractivity contribution >= 4 is 23.5 Å². The molecule has 7 heteroatoms. The van der Waals surface area contributed by atoms with E-state index in [1.165, 1.54) is 4.57 Å². The van der Waals surface area contributed by atoms with Crippen LogP contribution in [0.3, 0.4) is 0 Å². The van der Waals surface area contributed by atoms with Crippen LogP contribution >= 0.6 is 11.6 Å². The number of hydrogen-bond donors (Lipinski definition) is 2. The summed E-state index contributed by atoms with van der Waals surface area (Å²) in [7, 11) is 0. The molecule has 0 fully saturated rings. The second-order valence-corrected chi connectivity index (χ2v) is 10.7. The zero-order valence-electron chi connectivity index (χ0n) is 23.3. The molecular weight excluding hydrogens is 536 g/mol. The maximum atomic E-state index is 13.8. The number of nitrogens with zero attached hydrogens (tertiary/aromatic N) is 1. The molecule has 3 aromatic carbocycles. The van der Waals surface area contributed by atoms with E-state index >= 15 is 0 Å². The largest absolute Gasteiger partial charge is 0.481 e. The van der Waals surface area contributed by atoms with E-state index in [1.54, 1.807) is 12.3 Å². The van der Waals surface area contributed by atoms with Gasteiger partial charge in [0.1, 0.15) is 6.04 Å². The SMILES string of the molecule is CCCC[C@@H](C(=O)N[C@@H](CC(=O)O)c1ccc(-c2ccccc2)cc1)n1cc(C)cc(Cc2ccccc2Cl)c1=O. The first kappa shape index (κ1) is 29.8. The summed E-state index contributed by atoms with van der Waals surface area (Å²) >= 11 is 6.37. The highest BCUT2D eigenvalue weighted by atomic mass is 35.5. The Morgan fingerprint density at radius 1 is 0.927 bits per heavy atom. The number of carboxylic acid groups (broad SMARTS) is 1. The fraction of sp³-hybridized carbons (Fsp3) is 0.265. The number of aromatic nitrogens is 1. The average molecular weight is 571 g/mol. The third-order valence-electron chi connectivity index (χ3n) is 7.18. The Balaban J connectivity index is 1.64. The highest BCUT2D eigenvalue weighted by Crippen LogP contribution is 2.25. The minimum absolute atomic E-state index is 0.256. The van der Waals surface area contributed by atoms with Crippen molar-refractivity contribution in [3.8, 4) is 11.1 Å². The summed E-state index contributed by atoms with van der Waals surface area (Å²) in [6.45, 7) is 3.92. The van der Waals surface area contributed by atoms with Crippen molar-refractivity contribution in [2.24, 2.45) is 0 Å². The summed E-state index contributed by atoms with van der Waals surface area (Å²) in [6, 6.07) is 25.1. The van der Waals surface area contributed by atoms with Crippen molar-refractivity contribution in [2.75, 3.05) is 0 Å². The number of aryl methyl sites for hydroxylation is 1. The highest BCUT2D eigenvalue weighted by molar-refractivity contribution is 6.31. The quantitative estimate of drug-likeness (QED) is 0.190. The van der Waals surface area contributed by atoms with E-state index in [2.05, 4.69) is 5.32 Å². The van der Waals surface area contributed by atoms with E-state index in [4.69, 9.17) is 11.6 Å². The van der Waals surface area contributed by atoms with Crippen molar-refractivity contribution in [1.29, 1.82) is 0 Å². The Bertz CT molecular complexity index is 1550. The molecular formula is C34H35ClN2O4. The van der Waals surface area contributed by atoms with Gasteiger partial charge in [-0.2, -0.15) is 0 Å². The molecule has 2 atom stereocenters. The molecule has 0 radical (unpaired) electrons. The number of benzene rings is 3. The van der Waals surface area contributed by atoms with Gasteiger partial charge in [0.25, 0.3) is 5.56 Å². The predicted octanol–water partition coefficient (Wildman–Crippen LogP) is 7.13. The number of pyridine rings is 1. The predicted molar refractivity (Wildman–Crippen MR) is 163 cm³/mol. The van der Waals surface area contributed by atoms with Gasteiger partial charge in [0.05, 0.1) is 12.5 Å². The normalized spacial score (nSPS) is 12.5. The van der Waals surface area contributed by atoms with Crippen molar-refractivity contribution in [3.63, 3.8) is 0 Å². The number of carbonyl (C=O) groups is 2. The number of aliphatic carboxylic acids is 1.